The molecule has 0 aromatic heterocycles. The van der Waals surface area contributed by atoms with E-state index in [-0.39, 0.29) is 24.0 Å². The highest BCUT2D eigenvalue weighted by molar-refractivity contribution is 5.91. The van der Waals surface area contributed by atoms with Crippen LogP contribution in [0.25, 0.3) is 0 Å². The maximum absolute atomic E-state index is 12.1. The van der Waals surface area contributed by atoms with Crippen molar-refractivity contribution in [2.24, 2.45) is 5.92 Å². The van der Waals surface area contributed by atoms with Crippen LogP contribution in [0.5, 0.6) is 0 Å². The average Bonchev–Trinajstić information content (AvgIpc) is 2.37. The Labute approximate surface area is 117 Å². The SMILES string of the molecule is CN(CC1CC(O)C1)C(=O)Cc1ccccc1C(=O)O. The molecule has 1 fully saturated rings. The zero-order valence-corrected chi connectivity index (χ0v) is 11.5. The molecule has 5 nitrogen and oxygen atoms in total. The molecule has 0 saturated heterocycles. The number of hydrogen-bond donors (Lipinski definition) is 2. The molecule has 0 aliphatic heterocycles. The van der Waals surface area contributed by atoms with E-state index >= 15 is 0 Å². The van der Waals surface area contributed by atoms with E-state index < -0.39 is 5.97 Å². The van der Waals surface area contributed by atoms with Crippen LogP contribution in [-0.4, -0.2) is 46.7 Å². The summed E-state index contributed by atoms with van der Waals surface area (Å²) < 4.78 is 0. The van der Waals surface area contributed by atoms with Crippen LogP contribution < -0.4 is 0 Å². The van der Waals surface area contributed by atoms with Crippen molar-refractivity contribution < 1.29 is 19.8 Å². The van der Waals surface area contributed by atoms with E-state index in [0.717, 1.165) is 12.8 Å². The quantitative estimate of drug-likeness (QED) is 0.846. The standard InChI is InChI=1S/C15H19NO4/c1-16(9-10-6-12(17)7-10)14(18)8-11-4-2-3-5-13(11)15(19)20/h2-5,10,12,17H,6-9H2,1H3,(H,19,20). The third-order valence-corrected chi connectivity index (χ3v) is 3.76. The zero-order chi connectivity index (χ0) is 14.7. The van der Waals surface area contributed by atoms with Gasteiger partial charge in [0.05, 0.1) is 18.1 Å². The Morgan fingerprint density at radius 1 is 1.30 bits per heavy atom. The lowest BCUT2D eigenvalue weighted by Crippen LogP contribution is -2.40. The van der Waals surface area contributed by atoms with Gasteiger partial charge in [0.1, 0.15) is 0 Å². The Morgan fingerprint density at radius 2 is 1.95 bits per heavy atom. The molecule has 108 valence electrons. The van der Waals surface area contributed by atoms with Crippen molar-refractivity contribution >= 4 is 11.9 Å². The monoisotopic (exact) mass is 277 g/mol. The topological polar surface area (TPSA) is 77.8 Å². The Hall–Kier alpha value is -1.88. The van der Waals surface area contributed by atoms with Gasteiger partial charge in [-0.25, -0.2) is 4.79 Å². The highest BCUT2D eigenvalue weighted by Crippen LogP contribution is 2.27. The lowest BCUT2D eigenvalue weighted by atomic mass is 9.82. The number of aliphatic hydroxyl groups excluding tert-OH is 1. The number of benzene rings is 1. The third-order valence-electron chi connectivity index (χ3n) is 3.76. The number of carboxylic acids is 1. The number of aromatic carboxylic acids is 1. The summed E-state index contributed by atoms with van der Waals surface area (Å²) in [6.45, 7) is 0.616. The third kappa shape index (κ3) is 3.36. The van der Waals surface area contributed by atoms with Crippen molar-refractivity contribution in [3.05, 3.63) is 35.4 Å². The van der Waals surface area contributed by atoms with Crippen LogP contribution in [0.4, 0.5) is 0 Å². The van der Waals surface area contributed by atoms with Crippen molar-refractivity contribution in [3.63, 3.8) is 0 Å². The van der Waals surface area contributed by atoms with Gasteiger partial charge in [-0.15, -0.1) is 0 Å². The molecule has 0 atom stereocenters. The van der Waals surface area contributed by atoms with Crippen LogP contribution in [-0.2, 0) is 11.2 Å². The van der Waals surface area contributed by atoms with Crippen molar-refractivity contribution in [2.75, 3.05) is 13.6 Å². The fourth-order valence-electron chi connectivity index (χ4n) is 2.52. The second kappa shape index (κ2) is 6.05. The summed E-state index contributed by atoms with van der Waals surface area (Å²) in [4.78, 5) is 24.8. The van der Waals surface area contributed by atoms with Gasteiger partial charge in [-0.1, -0.05) is 18.2 Å². The number of amides is 1. The van der Waals surface area contributed by atoms with Crippen molar-refractivity contribution in [1.29, 1.82) is 0 Å². The normalized spacial score (nSPS) is 21.1. The van der Waals surface area contributed by atoms with Gasteiger partial charge in [0.2, 0.25) is 5.91 Å². The number of carbonyl (C=O) groups is 2. The molecule has 20 heavy (non-hydrogen) atoms. The van der Waals surface area contributed by atoms with Crippen molar-refractivity contribution in [2.45, 2.75) is 25.4 Å². The molecule has 1 amide bonds. The Balaban J connectivity index is 1.95. The lowest BCUT2D eigenvalue weighted by Gasteiger charge is -2.34. The summed E-state index contributed by atoms with van der Waals surface area (Å²) in [5, 5.41) is 18.3. The van der Waals surface area contributed by atoms with Gasteiger partial charge in [-0.3, -0.25) is 4.79 Å². The van der Waals surface area contributed by atoms with Crippen molar-refractivity contribution in [3.8, 4) is 0 Å². The predicted molar refractivity (Wildman–Crippen MR) is 73.5 cm³/mol. The van der Waals surface area contributed by atoms with Gasteiger partial charge in [-0.2, -0.15) is 0 Å². The first-order valence-corrected chi connectivity index (χ1v) is 6.70. The second-order valence-corrected chi connectivity index (χ2v) is 5.40. The van der Waals surface area contributed by atoms with E-state index in [4.69, 9.17) is 5.11 Å². The molecule has 0 heterocycles. The Bertz CT molecular complexity index is 508. The minimum Gasteiger partial charge on any atom is -0.478 e. The van der Waals surface area contributed by atoms with E-state index in [1.807, 2.05) is 0 Å². The Morgan fingerprint density at radius 3 is 2.55 bits per heavy atom. The average molecular weight is 277 g/mol. The molecular formula is C15H19NO4. The largest absolute Gasteiger partial charge is 0.478 e. The van der Waals surface area contributed by atoms with Crippen LogP contribution in [0.15, 0.2) is 24.3 Å². The van der Waals surface area contributed by atoms with Crippen LogP contribution in [0.2, 0.25) is 0 Å². The van der Waals surface area contributed by atoms with Gasteiger partial charge in [0.15, 0.2) is 0 Å². The lowest BCUT2D eigenvalue weighted by molar-refractivity contribution is -0.130. The van der Waals surface area contributed by atoms with Crippen LogP contribution in [0.3, 0.4) is 0 Å². The molecule has 1 aliphatic carbocycles. The first-order chi connectivity index (χ1) is 9.47. The summed E-state index contributed by atoms with van der Waals surface area (Å²) in [6, 6.07) is 6.56. The zero-order valence-electron chi connectivity index (χ0n) is 11.5. The highest BCUT2D eigenvalue weighted by atomic mass is 16.4. The fraction of sp³-hybridized carbons (Fsp3) is 0.467. The number of aliphatic hydroxyl groups is 1. The van der Waals surface area contributed by atoms with Crippen LogP contribution in [0, 0.1) is 5.92 Å². The van der Waals surface area contributed by atoms with Gasteiger partial charge in [0.25, 0.3) is 0 Å². The molecule has 1 aromatic carbocycles. The molecule has 2 N–H and O–H groups in total. The highest BCUT2D eigenvalue weighted by Gasteiger charge is 2.29. The van der Waals surface area contributed by atoms with Crippen LogP contribution in [0.1, 0.15) is 28.8 Å². The number of nitrogens with zero attached hydrogens (tertiary/aromatic N) is 1. The molecule has 1 aliphatic rings. The van der Waals surface area contributed by atoms with E-state index in [2.05, 4.69) is 0 Å². The van der Waals surface area contributed by atoms with Gasteiger partial charge in [0, 0.05) is 13.6 Å². The number of hydrogen-bond acceptors (Lipinski definition) is 3. The number of likely N-dealkylation sites (N-methyl/N-ethyl adjacent to an activating group) is 1. The Kier molecular flexibility index (Phi) is 4.39. The molecule has 0 radical (unpaired) electrons. The first kappa shape index (κ1) is 14.5. The molecule has 1 saturated carbocycles. The molecule has 1 aromatic rings. The van der Waals surface area contributed by atoms with Gasteiger partial charge in [-0.05, 0) is 30.4 Å². The maximum atomic E-state index is 12.1. The number of rotatable bonds is 5. The molecule has 0 unspecified atom stereocenters. The minimum absolute atomic E-state index is 0.0915. The molecule has 0 bridgehead atoms. The summed E-state index contributed by atoms with van der Waals surface area (Å²) in [7, 11) is 1.72. The van der Waals surface area contributed by atoms with E-state index in [1.165, 1.54) is 6.07 Å². The number of carbonyl (C=O) groups excluding carboxylic acids is 1. The molecule has 2 rings (SSSR count). The fourth-order valence-corrected chi connectivity index (χ4v) is 2.52. The maximum Gasteiger partial charge on any atom is 0.335 e. The van der Waals surface area contributed by atoms with E-state index in [1.54, 1.807) is 30.1 Å². The van der Waals surface area contributed by atoms with Gasteiger partial charge < -0.3 is 15.1 Å². The molecule has 5 heteroatoms. The summed E-state index contributed by atoms with van der Waals surface area (Å²) in [5.41, 5.74) is 0.707. The van der Waals surface area contributed by atoms with E-state index in [9.17, 15) is 14.7 Å². The second-order valence-electron chi connectivity index (χ2n) is 5.40. The summed E-state index contributed by atoms with van der Waals surface area (Å²) >= 11 is 0. The number of carboxylic acid groups (broad SMARTS) is 1. The smallest absolute Gasteiger partial charge is 0.335 e. The first-order valence-electron chi connectivity index (χ1n) is 6.70. The van der Waals surface area contributed by atoms with Crippen LogP contribution >= 0.6 is 0 Å². The summed E-state index contributed by atoms with van der Waals surface area (Å²) in [6.07, 6.45) is 1.34. The van der Waals surface area contributed by atoms with E-state index in [0.29, 0.717) is 18.0 Å². The summed E-state index contributed by atoms with van der Waals surface area (Å²) in [5.74, 6) is -0.757. The molecule has 0 spiro atoms. The van der Waals surface area contributed by atoms with Crippen molar-refractivity contribution in [1.82, 2.24) is 4.90 Å². The minimum atomic E-state index is -1.02. The predicted octanol–water partition coefficient (Wildman–Crippen LogP) is 1.16. The molecular weight excluding hydrogens is 258 g/mol. The van der Waals surface area contributed by atoms with Gasteiger partial charge >= 0.3 is 5.97 Å².